The Kier molecular flexibility index (Phi) is 3.08. The Labute approximate surface area is 105 Å². The molecule has 2 N–H and O–H groups in total. The first-order chi connectivity index (χ1) is 8.40. The molecule has 0 radical (unpaired) electrons. The van der Waals surface area contributed by atoms with Crippen LogP contribution < -0.4 is 10.6 Å². The van der Waals surface area contributed by atoms with Gasteiger partial charge in [-0.15, -0.1) is 0 Å². The lowest BCUT2D eigenvalue weighted by Gasteiger charge is -2.42. The molecule has 7 heteroatoms. The number of nitrogen functional groups attached to an aromatic ring is 1. The third kappa shape index (κ3) is 2.35. The molecule has 1 aliphatic heterocycles. The van der Waals surface area contributed by atoms with Crippen molar-refractivity contribution >= 4 is 17.3 Å². The van der Waals surface area contributed by atoms with Gasteiger partial charge in [0, 0.05) is 6.54 Å². The van der Waals surface area contributed by atoms with Crippen LogP contribution >= 0.6 is 0 Å². The van der Waals surface area contributed by atoms with Crippen molar-refractivity contribution in [1.82, 2.24) is 4.98 Å². The van der Waals surface area contributed by atoms with Gasteiger partial charge >= 0.3 is 0 Å². The first-order valence-electron chi connectivity index (χ1n) is 5.67. The number of rotatable bonds is 2. The van der Waals surface area contributed by atoms with Crippen molar-refractivity contribution in [1.29, 1.82) is 0 Å². The summed E-state index contributed by atoms with van der Waals surface area (Å²) in [4.78, 5) is 16.5. The van der Waals surface area contributed by atoms with E-state index in [1.807, 2.05) is 18.7 Å². The van der Waals surface area contributed by atoms with Gasteiger partial charge in [0.25, 0.3) is 5.69 Å². The average Bonchev–Trinajstić information content (AvgIpc) is 2.27. The van der Waals surface area contributed by atoms with Crippen LogP contribution in [0.2, 0.25) is 0 Å². The van der Waals surface area contributed by atoms with Gasteiger partial charge in [0.1, 0.15) is 11.6 Å². The van der Waals surface area contributed by atoms with E-state index in [-0.39, 0.29) is 17.0 Å². The largest absolute Gasteiger partial charge is 0.383 e. The van der Waals surface area contributed by atoms with Crippen LogP contribution in [-0.2, 0) is 4.74 Å². The maximum Gasteiger partial charge on any atom is 0.276 e. The summed E-state index contributed by atoms with van der Waals surface area (Å²) < 4.78 is 5.41. The molecule has 1 aromatic heterocycles. The second kappa shape index (κ2) is 4.41. The normalized spacial score (nSPS) is 18.7. The van der Waals surface area contributed by atoms with E-state index in [4.69, 9.17) is 10.5 Å². The molecule has 0 atom stereocenters. The number of hydrogen-bond acceptors (Lipinski definition) is 6. The van der Waals surface area contributed by atoms with Gasteiger partial charge in [-0.1, -0.05) is 0 Å². The molecule has 0 saturated carbocycles. The third-order valence-corrected chi connectivity index (χ3v) is 2.95. The Morgan fingerprint density at radius 2 is 2.28 bits per heavy atom. The molecule has 1 saturated heterocycles. The molecule has 1 aromatic rings. The van der Waals surface area contributed by atoms with Crippen molar-refractivity contribution in [3.63, 3.8) is 0 Å². The Morgan fingerprint density at radius 1 is 1.56 bits per heavy atom. The van der Waals surface area contributed by atoms with Crippen molar-refractivity contribution in [3.8, 4) is 0 Å². The fourth-order valence-corrected chi connectivity index (χ4v) is 2.05. The molecular formula is C11H16N4O3. The molecule has 7 nitrogen and oxygen atoms in total. The molecule has 2 heterocycles. The van der Waals surface area contributed by atoms with Gasteiger partial charge in [0.05, 0.1) is 35.8 Å². The van der Waals surface area contributed by atoms with Crippen LogP contribution in [0.4, 0.5) is 17.3 Å². The standard InChI is InChI=1S/C11H16N4O3/c1-11(2)7-18-4-3-14(11)10-6-8(15(16)17)5-9(12)13-10/h5-6H,3-4,7H2,1-2H3,(H2,12,13). The number of ether oxygens (including phenoxy) is 1. The van der Waals surface area contributed by atoms with Crippen molar-refractivity contribution in [2.24, 2.45) is 0 Å². The van der Waals surface area contributed by atoms with Crippen molar-refractivity contribution < 1.29 is 9.66 Å². The van der Waals surface area contributed by atoms with Crippen LogP contribution in [0.1, 0.15) is 13.8 Å². The number of aromatic nitrogens is 1. The lowest BCUT2D eigenvalue weighted by Crippen LogP contribution is -2.53. The lowest BCUT2D eigenvalue weighted by atomic mass is 10.0. The summed E-state index contributed by atoms with van der Waals surface area (Å²) in [5, 5.41) is 10.8. The molecule has 0 amide bonds. The minimum atomic E-state index is -0.463. The zero-order valence-electron chi connectivity index (χ0n) is 10.4. The summed E-state index contributed by atoms with van der Waals surface area (Å²) in [6, 6.07) is 2.71. The Hall–Kier alpha value is -1.89. The molecule has 98 valence electrons. The van der Waals surface area contributed by atoms with Crippen LogP contribution in [0, 0.1) is 10.1 Å². The highest BCUT2D eigenvalue weighted by Gasteiger charge is 2.32. The molecule has 0 aliphatic carbocycles. The lowest BCUT2D eigenvalue weighted by molar-refractivity contribution is -0.384. The fraction of sp³-hybridized carbons (Fsp3) is 0.545. The van der Waals surface area contributed by atoms with Crippen LogP contribution in [0.5, 0.6) is 0 Å². The van der Waals surface area contributed by atoms with Gasteiger partial charge in [0.15, 0.2) is 0 Å². The quantitative estimate of drug-likeness (QED) is 0.627. The molecule has 2 rings (SSSR count). The summed E-state index contributed by atoms with van der Waals surface area (Å²) in [6.07, 6.45) is 0. The average molecular weight is 252 g/mol. The molecule has 0 aromatic carbocycles. The zero-order valence-corrected chi connectivity index (χ0v) is 10.4. The monoisotopic (exact) mass is 252 g/mol. The minimum absolute atomic E-state index is 0.0419. The molecule has 0 unspecified atom stereocenters. The van der Waals surface area contributed by atoms with E-state index >= 15 is 0 Å². The molecule has 1 aliphatic rings. The predicted molar refractivity (Wildman–Crippen MR) is 67.5 cm³/mol. The Balaban J connectivity index is 2.40. The van der Waals surface area contributed by atoms with Crippen molar-refractivity contribution in [2.75, 3.05) is 30.4 Å². The summed E-state index contributed by atoms with van der Waals surface area (Å²) in [5.74, 6) is 0.677. The number of nitrogens with zero attached hydrogens (tertiary/aromatic N) is 3. The van der Waals surface area contributed by atoms with Crippen molar-refractivity contribution in [2.45, 2.75) is 19.4 Å². The van der Waals surface area contributed by atoms with Gasteiger partial charge in [0.2, 0.25) is 0 Å². The smallest absolute Gasteiger partial charge is 0.276 e. The minimum Gasteiger partial charge on any atom is -0.383 e. The van der Waals surface area contributed by atoms with E-state index in [0.717, 1.165) is 0 Å². The third-order valence-electron chi connectivity index (χ3n) is 2.95. The van der Waals surface area contributed by atoms with Gasteiger partial charge in [-0.2, -0.15) is 0 Å². The summed E-state index contributed by atoms with van der Waals surface area (Å²) in [5.41, 5.74) is 5.32. The van der Waals surface area contributed by atoms with Crippen molar-refractivity contribution in [3.05, 3.63) is 22.2 Å². The first kappa shape index (κ1) is 12.6. The highest BCUT2D eigenvalue weighted by molar-refractivity contribution is 5.55. The second-order valence-corrected chi connectivity index (χ2v) is 4.88. The topological polar surface area (TPSA) is 94.5 Å². The number of anilines is 2. The maximum absolute atomic E-state index is 10.8. The van der Waals surface area contributed by atoms with E-state index in [2.05, 4.69) is 4.98 Å². The highest BCUT2D eigenvalue weighted by Crippen LogP contribution is 2.29. The Morgan fingerprint density at radius 3 is 2.89 bits per heavy atom. The van der Waals surface area contributed by atoms with Crippen LogP contribution in [0.25, 0.3) is 0 Å². The fourth-order valence-electron chi connectivity index (χ4n) is 2.05. The molecule has 0 spiro atoms. The number of morpholine rings is 1. The molecule has 1 fully saturated rings. The number of hydrogen-bond donors (Lipinski definition) is 1. The van der Waals surface area contributed by atoms with E-state index in [9.17, 15) is 10.1 Å². The van der Waals surface area contributed by atoms with Crippen LogP contribution in [-0.4, -0.2) is 35.2 Å². The molecule has 18 heavy (non-hydrogen) atoms. The second-order valence-electron chi connectivity index (χ2n) is 4.88. The van der Waals surface area contributed by atoms with Gasteiger partial charge in [-0.3, -0.25) is 10.1 Å². The van der Waals surface area contributed by atoms with E-state index in [0.29, 0.717) is 25.6 Å². The number of nitrogens with two attached hydrogens (primary N) is 1. The maximum atomic E-state index is 10.8. The number of pyridine rings is 1. The van der Waals surface area contributed by atoms with Gasteiger partial charge < -0.3 is 15.4 Å². The Bertz CT molecular complexity index is 475. The van der Waals surface area contributed by atoms with Crippen LogP contribution in [0.3, 0.4) is 0 Å². The summed E-state index contributed by atoms with van der Waals surface area (Å²) >= 11 is 0. The van der Waals surface area contributed by atoms with E-state index < -0.39 is 4.92 Å². The zero-order chi connectivity index (χ0) is 13.3. The summed E-state index contributed by atoms with van der Waals surface area (Å²) in [6.45, 7) is 5.78. The van der Waals surface area contributed by atoms with Crippen LogP contribution in [0.15, 0.2) is 12.1 Å². The highest BCUT2D eigenvalue weighted by atomic mass is 16.6. The molecular weight excluding hydrogens is 236 g/mol. The summed E-state index contributed by atoms with van der Waals surface area (Å²) in [7, 11) is 0. The van der Waals surface area contributed by atoms with E-state index in [1.54, 1.807) is 0 Å². The number of nitro groups is 1. The van der Waals surface area contributed by atoms with Gasteiger partial charge in [-0.25, -0.2) is 4.98 Å². The van der Waals surface area contributed by atoms with Gasteiger partial charge in [-0.05, 0) is 13.8 Å². The SMILES string of the molecule is CC1(C)COCCN1c1cc([N+](=O)[O-])cc(N)n1. The molecule has 0 bridgehead atoms. The predicted octanol–water partition coefficient (Wildman–Crippen LogP) is 1.19. The first-order valence-corrected chi connectivity index (χ1v) is 5.67. The van der Waals surface area contributed by atoms with E-state index in [1.165, 1.54) is 12.1 Å².